The molecule has 22 heavy (non-hydrogen) atoms. The molecular formula is C18H22O4. The number of hydrogen-bond donors (Lipinski definition) is 0. The molecule has 4 atom stereocenters. The summed E-state index contributed by atoms with van der Waals surface area (Å²) in [6.45, 7) is 4.14. The molecule has 0 aromatic heterocycles. The predicted octanol–water partition coefficient (Wildman–Crippen LogP) is 2.83. The Morgan fingerprint density at radius 1 is 1.27 bits per heavy atom. The first-order valence-electron chi connectivity index (χ1n) is 7.87. The molecule has 0 spiro atoms. The van der Waals surface area contributed by atoms with Crippen molar-refractivity contribution >= 4 is 5.78 Å². The summed E-state index contributed by atoms with van der Waals surface area (Å²) in [6, 6.07) is 6.18. The maximum atomic E-state index is 12.7. The van der Waals surface area contributed by atoms with Gasteiger partial charge in [0.2, 0.25) is 0 Å². The minimum atomic E-state index is -0.730. The molecular weight excluding hydrogens is 280 g/mol. The number of benzene rings is 1. The average Bonchev–Trinajstić information content (AvgIpc) is 2.86. The maximum Gasteiger partial charge on any atom is 0.177 e. The summed E-state index contributed by atoms with van der Waals surface area (Å²) in [5.41, 5.74) is 1.84. The number of rotatable bonds is 2. The van der Waals surface area contributed by atoms with Crippen LogP contribution in [0.25, 0.3) is 0 Å². The van der Waals surface area contributed by atoms with E-state index in [2.05, 4.69) is 26.0 Å². The molecule has 2 saturated carbocycles. The average molecular weight is 302 g/mol. The Bertz CT molecular complexity index is 648. The fraction of sp³-hybridized carbons (Fsp3) is 0.611. The summed E-state index contributed by atoms with van der Waals surface area (Å²) < 4.78 is 17.8. The standard InChI is InChI=1S/C18H22O4/c1-10-6-5-7-11-12-8-14(19)13-9-18(20-3,21-4)17(13,2)16(12)22-15(10)11/h5-7,12-13,16H,8-9H2,1-4H3. The fourth-order valence-electron chi connectivity index (χ4n) is 5.00. The van der Waals surface area contributed by atoms with Crippen LogP contribution in [0.3, 0.4) is 0 Å². The van der Waals surface area contributed by atoms with Gasteiger partial charge in [0.15, 0.2) is 5.79 Å². The fourth-order valence-corrected chi connectivity index (χ4v) is 5.00. The highest BCUT2D eigenvalue weighted by molar-refractivity contribution is 5.86. The van der Waals surface area contributed by atoms with Crippen molar-refractivity contribution in [3.63, 3.8) is 0 Å². The van der Waals surface area contributed by atoms with Crippen LogP contribution in [0.4, 0.5) is 0 Å². The molecule has 1 aromatic rings. The van der Waals surface area contributed by atoms with E-state index in [1.54, 1.807) is 14.2 Å². The third-order valence-electron chi connectivity index (χ3n) is 6.33. The SMILES string of the molecule is COC1(OC)CC2C(=O)CC3c4cccc(C)c4OC3C21C. The lowest BCUT2D eigenvalue weighted by molar-refractivity contribution is -0.367. The highest BCUT2D eigenvalue weighted by Crippen LogP contribution is 2.67. The first-order chi connectivity index (χ1) is 10.5. The third-order valence-corrected chi connectivity index (χ3v) is 6.33. The van der Waals surface area contributed by atoms with E-state index in [9.17, 15) is 4.79 Å². The van der Waals surface area contributed by atoms with Gasteiger partial charge in [-0.25, -0.2) is 0 Å². The quantitative estimate of drug-likeness (QED) is 0.788. The molecule has 4 nitrogen and oxygen atoms in total. The Balaban J connectivity index is 1.83. The van der Waals surface area contributed by atoms with Crippen LogP contribution in [0.15, 0.2) is 18.2 Å². The van der Waals surface area contributed by atoms with Gasteiger partial charge in [-0.15, -0.1) is 0 Å². The number of hydrogen-bond acceptors (Lipinski definition) is 4. The maximum absolute atomic E-state index is 12.7. The van der Waals surface area contributed by atoms with E-state index in [1.807, 2.05) is 6.07 Å². The number of methoxy groups -OCH3 is 2. The minimum Gasteiger partial charge on any atom is -0.488 e. The highest BCUT2D eigenvalue weighted by Gasteiger charge is 2.74. The number of ketones is 1. The van der Waals surface area contributed by atoms with Crippen molar-refractivity contribution in [2.24, 2.45) is 11.3 Å². The summed E-state index contributed by atoms with van der Waals surface area (Å²) in [5, 5.41) is 0. The Labute approximate surface area is 130 Å². The van der Waals surface area contributed by atoms with Crippen molar-refractivity contribution < 1.29 is 19.0 Å². The zero-order valence-corrected chi connectivity index (χ0v) is 13.5. The number of aryl methyl sites for hydroxylation is 1. The van der Waals surface area contributed by atoms with Gasteiger partial charge in [0.05, 0.1) is 5.41 Å². The molecule has 0 amide bonds. The third kappa shape index (κ3) is 1.38. The van der Waals surface area contributed by atoms with E-state index in [-0.39, 0.29) is 17.9 Å². The van der Waals surface area contributed by atoms with Gasteiger partial charge in [0.1, 0.15) is 17.6 Å². The van der Waals surface area contributed by atoms with Crippen LogP contribution in [-0.2, 0) is 14.3 Å². The molecule has 1 aromatic carbocycles. The summed E-state index contributed by atoms with van der Waals surface area (Å²) in [6.07, 6.45) is 1.11. The van der Waals surface area contributed by atoms with Crippen molar-refractivity contribution in [2.75, 3.05) is 14.2 Å². The molecule has 0 saturated heterocycles. The zero-order chi connectivity index (χ0) is 15.7. The van der Waals surface area contributed by atoms with Crippen LogP contribution in [0.2, 0.25) is 0 Å². The molecule has 2 aliphatic carbocycles. The summed E-state index contributed by atoms with van der Waals surface area (Å²) in [5.74, 6) is 0.593. The van der Waals surface area contributed by atoms with E-state index in [0.717, 1.165) is 16.9 Å². The zero-order valence-electron chi connectivity index (χ0n) is 13.5. The first-order valence-corrected chi connectivity index (χ1v) is 7.87. The van der Waals surface area contributed by atoms with Crippen LogP contribution in [0, 0.1) is 18.3 Å². The number of carbonyl (C=O) groups is 1. The lowest BCUT2D eigenvalue weighted by Gasteiger charge is -2.64. The Morgan fingerprint density at radius 2 is 2.00 bits per heavy atom. The number of Topliss-reactive ketones (excluding diaryl/α,β-unsaturated/α-hetero) is 1. The van der Waals surface area contributed by atoms with Gasteiger partial charge in [-0.05, 0) is 12.5 Å². The first kappa shape index (κ1) is 14.2. The smallest absolute Gasteiger partial charge is 0.177 e. The molecule has 1 aliphatic heterocycles. The van der Waals surface area contributed by atoms with Gasteiger partial charge >= 0.3 is 0 Å². The van der Waals surface area contributed by atoms with Gasteiger partial charge < -0.3 is 14.2 Å². The summed E-state index contributed by atoms with van der Waals surface area (Å²) in [4.78, 5) is 12.7. The molecule has 118 valence electrons. The van der Waals surface area contributed by atoms with Gasteiger partial charge in [-0.2, -0.15) is 0 Å². The Kier molecular flexibility index (Phi) is 2.80. The second-order valence-electron chi connectivity index (χ2n) is 7.01. The van der Waals surface area contributed by atoms with Crippen molar-refractivity contribution in [2.45, 2.75) is 44.5 Å². The molecule has 1 heterocycles. The molecule has 0 radical (unpaired) electrons. The van der Waals surface area contributed by atoms with Gasteiger partial charge in [0, 0.05) is 44.5 Å². The normalized spacial score (nSPS) is 37.6. The van der Waals surface area contributed by atoms with Gasteiger partial charge in [-0.3, -0.25) is 4.79 Å². The van der Waals surface area contributed by atoms with Gasteiger partial charge in [-0.1, -0.05) is 25.1 Å². The molecule has 0 bridgehead atoms. The topological polar surface area (TPSA) is 44.8 Å². The van der Waals surface area contributed by atoms with Crippen molar-refractivity contribution in [3.05, 3.63) is 29.3 Å². The molecule has 4 heteroatoms. The number of fused-ring (bicyclic) bond motifs is 5. The molecule has 3 aliphatic rings. The number of carbonyl (C=O) groups excluding carboxylic acids is 1. The van der Waals surface area contributed by atoms with Gasteiger partial charge in [0.25, 0.3) is 0 Å². The molecule has 2 fully saturated rings. The summed E-state index contributed by atoms with van der Waals surface area (Å²) >= 11 is 0. The van der Waals surface area contributed by atoms with Crippen LogP contribution in [0.1, 0.15) is 36.8 Å². The van der Waals surface area contributed by atoms with E-state index >= 15 is 0 Å². The lowest BCUT2D eigenvalue weighted by atomic mass is 9.46. The number of para-hydroxylation sites is 1. The van der Waals surface area contributed by atoms with Crippen LogP contribution in [0.5, 0.6) is 5.75 Å². The van der Waals surface area contributed by atoms with Crippen LogP contribution >= 0.6 is 0 Å². The van der Waals surface area contributed by atoms with Crippen molar-refractivity contribution in [3.8, 4) is 5.75 Å². The van der Waals surface area contributed by atoms with Crippen LogP contribution < -0.4 is 4.74 Å². The predicted molar refractivity (Wildman–Crippen MR) is 80.9 cm³/mol. The lowest BCUT2D eigenvalue weighted by Crippen LogP contribution is -2.74. The van der Waals surface area contributed by atoms with E-state index in [4.69, 9.17) is 14.2 Å². The summed E-state index contributed by atoms with van der Waals surface area (Å²) in [7, 11) is 3.32. The van der Waals surface area contributed by atoms with E-state index < -0.39 is 11.2 Å². The van der Waals surface area contributed by atoms with Crippen LogP contribution in [-0.4, -0.2) is 31.9 Å². The Morgan fingerprint density at radius 3 is 2.68 bits per heavy atom. The van der Waals surface area contributed by atoms with Crippen molar-refractivity contribution in [1.82, 2.24) is 0 Å². The van der Waals surface area contributed by atoms with Crippen molar-refractivity contribution in [1.29, 1.82) is 0 Å². The molecule has 4 unspecified atom stereocenters. The highest BCUT2D eigenvalue weighted by atomic mass is 16.7. The minimum absolute atomic E-state index is 0.0386. The second kappa shape index (κ2) is 4.33. The molecule has 4 rings (SSSR count). The molecule has 0 N–H and O–H groups in total. The largest absolute Gasteiger partial charge is 0.488 e. The Hall–Kier alpha value is -1.39. The monoisotopic (exact) mass is 302 g/mol. The second-order valence-corrected chi connectivity index (χ2v) is 7.01. The van der Waals surface area contributed by atoms with E-state index in [1.165, 1.54) is 0 Å². The number of ether oxygens (including phenoxy) is 3. The van der Waals surface area contributed by atoms with E-state index in [0.29, 0.717) is 18.6 Å².